The van der Waals surface area contributed by atoms with E-state index in [1.165, 1.54) is 5.94 Å². The third kappa shape index (κ3) is 3.91. The monoisotopic (exact) mass is 130 g/mol. The molecule has 2 N–H and O–H groups in total. The molecule has 0 fully saturated rings. The van der Waals surface area contributed by atoms with Crippen molar-refractivity contribution in [2.24, 2.45) is 0 Å². The highest BCUT2D eigenvalue weighted by molar-refractivity contribution is 5.44. The summed E-state index contributed by atoms with van der Waals surface area (Å²) in [7, 11) is 0. The minimum absolute atomic E-state index is 0.0486. The van der Waals surface area contributed by atoms with Crippen molar-refractivity contribution in [2.45, 2.75) is 25.6 Å². The summed E-state index contributed by atoms with van der Waals surface area (Å²) in [4.78, 5) is 9.56. The Balaban J connectivity index is 3.71. The molecular formula is C6H10O3. The van der Waals surface area contributed by atoms with Crippen LogP contribution in [0.1, 0.15) is 19.8 Å². The normalized spacial score (nSPS) is 10.6. The molecule has 0 saturated carbocycles. The molecule has 0 rings (SSSR count). The van der Waals surface area contributed by atoms with Crippen LogP contribution >= 0.6 is 0 Å². The van der Waals surface area contributed by atoms with Gasteiger partial charge in [-0.3, -0.25) is 0 Å². The van der Waals surface area contributed by atoms with Crippen LogP contribution in [0, 0.1) is 0 Å². The van der Waals surface area contributed by atoms with Crippen molar-refractivity contribution in [1.82, 2.24) is 0 Å². The molecule has 0 atom stereocenters. The Bertz CT molecular complexity index is 122. The molecule has 0 amide bonds. The molecule has 9 heavy (non-hydrogen) atoms. The summed E-state index contributed by atoms with van der Waals surface area (Å²) >= 11 is 0. The summed E-state index contributed by atoms with van der Waals surface area (Å²) in [5.41, 5.74) is 0. The van der Waals surface area contributed by atoms with Gasteiger partial charge in [0, 0.05) is 12.5 Å². The topological polar surface area (TPSA) is 57.5 Å². The molecule has 0 saturated heterocycles. The highest BCUT2D eigenvalue weighted by Gasteiger charge is 2.17. The van der Waals surface area contributed by atoms with Gasteiger partial charge >= 0.3 is 0 Å². The second-order valence-electron chi connectivity index (χ2n) is 1.86. The predicted octanol–water partition coefficient (Wildman–Crippen LogP) is -0.145. The molecule has 0 aromatic heterocycles. The molecule has 3 nitrogen and oxygen atoms in total. The molecule has 0 aliphatic heterocycles. The third-order valence-corrected chi connectivity index (χ3v) is 1.08. The van der Waals surface area contributed by atoms with Crippen LogP contribution in [0.3, 0.4) is 0 Å². The van der Waals surface area contributed by atoms with Gasteiger partial charge in [0.15, 0.2) is 5.79 Å². The van der Waals surface area contributed by atoms with Gasteiger partial charge in [-0.2, -0.15) is 0 Å². The molecule has 3 heteroatoms. The average molecular weight is 130 g/mol. The predicted molar refractivity (Wildman–Crippen MR) is 32.3 cm³/mol. The summed E-state index contributed by atoms with van der Waals surface area (Å²) in [6, 6.07) is 0. The number of aliphatic hydroxyl groups is 2. The van der Waals surface area contributed by atoms with Crippen molar-refractivity contribution in [3.63, 3.8) is 0 Å². The zero-order chi connectivity index (χ0) is 7.33. The average Bonchev–Trinajstić information content (AvgIpc) is 1.84. The number of hydrogen-bond acceptors (Lipinski definition) is 3. The quantitative estimate of drug-likeness (QED) is 0.413. The number of carbonyl (C=O) groups excluding carboxylic acids is 1. The molecule has 0 heterocycles. The standard InChI is InChI=1S/C6H10O3/c1-2-6(8,9)4-3-5-7/h3,8-9H,2,4H2,1H3. The smallest absolute Gasteiger partial charge is 0.166 e. The van der Waals surface area contributed by atoms with E-state index in [1.54, 1.807) is 6.92 Å². The largest absolute Gasteiger partial charge is 0.365 e. The molecule has 0 spiro atoms. The zero-order valence-corrected chi connectivity index (χ0v) is 5.29. The first-order valence-corrected chi connectivity index (χ1v) is 2.76. The van der Waals surface area contributed by atoms with Crippen molar-refractivity contribution in [3.05, 3.63) is 6.08 Å². The lowest BCUT2D eigenvalue weighted by molar-refractivity contribution is -0.158. The molecule has 0 bridgehead atoms. The first kappa shape index (κ1) is 8.37. The Morgan fingerprint density at radius 1 is 1.67 bits per heavy atom. The fraction of sp³-hybridized carbons (Fsp3) is 0.667. The highest BCUT2D eigenvalue weighted by atomic mass is 16.5. The Labute approximate surface area is 53.6 Å². The lowest BCUT2D eigenvalue weighted by Crippen LogP contribution is -2.25. The summed E-state index contributed by atoms with van der Waals surface area (Å²) in [5, 5.41) is 17.6. The Morgan fingerprint density at radius 3 is 2.56 bits per heavy atom. The van der Waals surface area contributed by atoms with E-state index in [9.17, 15) is 4.79 Å². The van der Waals surface area contributed by atoms with E-state index >= 15 is 0 Å². The molecule has 0 radical (unpaired) electrons. The van der Waals surface area contributed by atoms with Crippen LogP contribution < -0.4 is 0 Å². The van der Waals surface area contributed by atoms with E-state index in [4.69, 9.17) is 10.2 Å². The minimum Gasteiger partial charge on any atom is -0.365 e. The maximum absolute atomic E-state index is 9.56. The molecule has 0 aromatic carbocycles. The summed E-state index contributed by atoms with van der Waals surface area (Å²) in [6.07, 6.45) is 1.22. The van der Waals surface area contributed by atoms with Crippen LogP contribution in [0.15, 0.2) is 6.08 Å². The summed E-state index contributed by atoms with van der Waals surface area (Å²) < 4.78 is 0. The summed E-state index contributed by atoms with van der Waals surface area (Å²) in [5.74, 6) is -0.262. The van der Waals surface area contributed by atoms with Crippen molar-refractivity contribution >= 4 is 5.94 Å². The van der Waals surface area contributed by atoms with Crippen LogP contribution in [0.4, 0.5) is 0 Å². The van der Waals surface area contributed by atoms with Crippen LogP contribution in [-0.2, 0) is 4.79 Å². The van der Waals surface area contributed by atoms with Gasteiger partial charge in [-0.15, -0.1) is 0 Å². The van der Waals surface area contributed by atoms with Gasteiger partial charge in [0.05, 0.1) is 0 Å². The lowest BCUT2D eigenvalue weighted by Gasteiger charge is -2.15. The van der Waals surface area contributed by atoms with E-state index in [-0.39, 0.29) is 12.8 Å². The van der Waals surface area contributed by atoms with Crippen LogP contribution in [0.5, 0.6) is 0 Å². The van der Waals surface area contributed by atoms with Gasteiger partial charge in [-0.05, 0) is 6.42 Å². The fourth-order valence-electron chi connectivity index (χ4n) is 0.349. The zero-order valence-electron chi connectivity index (χ0n) is 5.29. The number of rotatable bonds is 3. The van der Waals surface area contributed by atoms with Gasteiger partial charge in [0.25, 0.3) is 0 Å². The van der Waals surface area contributed by atoms with E-state index in [0.29, 0.717) is 0 Å². The summed E-state index contributed by atoms with van der Waals surface area (Å²) in [6.45, 7) is 1.62. The lowest BCUT2D eigenvalue weighted by atomic mass is 10.1. The molecule has 52 valence electrons. The van der Waals surface area contributed by atoms with Crippen LogP contribution in [-0.4, -0.2) is 21.9 Å². The maximum atomic E-state index is 9.56. The van der Waals surface area contributed by atoms with E-state index in [1.807, 2.05) is 0 Å². The second kappa shape index (κ2) is 3.41. The maximum Gasteiger partial charge on any atom is 0.166 e. The van der Waals surface area contributed by atoms with Crippen molar-refractivity contribution < 1.29 is 15.0 Å². The van der Waals surface area contributed by atoms with Gasteiger partial charge in [0.2, 0.25) is 0 Å². The Hall–Kier alpha value is -0.630. The molecule has 0 aliphatic carbocycles. The number of hydrogen-bond donors (Lipinski definition) is 2. The van der Waals surface area contributed by atoms with Crippen LogP contribution in [0.25, 0.3) is 0 Å². The van der Waals surface area contributed by atoms with Gasteiger partial charge < -0.3 is 10.2 Å². The highest BCUT2D eigenvalue weighted by Crippen LogP contribution is 2.09. The van der Waals surface area contributed by atoms with Gasteiger partial charge in [-0.25, -0.2) is 4.79 Å². The van der Waals surface area contributed by atoms with Crippen molar-refractivity contribution in [3.8, 4) is 0 Å². The first-order chi connectivity index (χ1) is 4.12. The van der Waals surface area contributed by atoms with Gasteiger partial charge in [-0.1, -0.05) is 6.92 Å². The SMILES string of the molecule is CCC(O)(O)CC=C=O. The van der Waals surface area contributed by atoms with E-state index < -0.39 is 5.79 Å². The van der Waals surface area contributed by atoms with Crippen molar-refractivity contribution in [1.29, 1.82) is 0 Å². The van der Waals surface area contributed by atoms with E-state index in [2.05, 4.69) is 0 Å². The molecule has 0 unspecified atom stereocenters. The molecular weight excluding hydrogens is 120 g/mol. The Morgan fingerprint density at radius 2 is 2.22 bits per heavy atom. The first-order valence-electron chi connectivity index (χ1n) is 2.76. The molecule has 0 aliphatic rings. The minimum atomic E-state index is -1.72. The second-order valence-corrected chi connectivity index (χ2v) is 1.86. The van der Waals surface area contributed by atoms with Crippen LogP contribution in [0.2, 0.25) is 0 Å². The Kier molecular flexibility index (Phi) is 3.17. The molecule has 0 aromatic rings. The fourth-order valence-corrected chi connectivity index (χ4v) is 0.349. The van der Waals surface area contributed by atoms with Crippen molar-refractivity contribution in [2.75, 3.05) is 0 Å². The van der Waals surface area contributed by atoms with Gasteiger partial charge in [0.1, 0.15) is 5.94 Å². The third-order valence-electron chi connectivity index (χ3n) is 1.08. The van der Waals surface area contributed by atoms with E-state index in [0.717, 1.165) is 6.08 Å².